The fourth-order valence-electron chi connectivity index (χ4n) is 2.88. The van der Waals surface area contributed by atoms with Crippen LogP contribution >= 0.6 is 0 Å². The van der Waals surface area contributed by atoms with Crippen LogP contribution in [0.4, 0.5) is 0 Å². The molecule has 0 fully saturated rings. The van der Waals surface area contributed by atoms with E-state index in [0.29, 0.717) is 24.7 Å². The number of carbonyl (C=O) groups excluding carboxylic acids is 1. The summed E-state index contributed by atoms with van der Waals surface area (Å²) < 4.78 is 13.2. The number of nitrogens with two attached hydrogens (primary N) is 1. The number of para-hydroxylation sites is 3. The molecule has 0 bridgehead atoms. The van der Waals surface area contributed by atoms with Crippen molar-refractivity contribution in [3.05, 3.63) is 65.9 Å². The normalized spacial score (nSPS) is 11.2. The summed E-state index contributed by atoms with van der Waals surface area (Å²) in [4.78, 5) is 11.4. The fraction of sp³-hybridized carbons (Fsp3) is 0.143. The monoisotopic (exact) mass is 361 g/mol. The minimum atomic E-state index is -0.742. The molecule has 6 heteroatoms. The Kier molecular flexibility index (Phi) is 5.43. The topological polar surface area (TPSA) is 90.3 Å². The Morgan fingerprint density at radius 2 is 1.89 bits per heavy atom. The molecule has 0 atom stereocenters. The third-order valence-electron chi connectivity index (χ3n) is 4.16. The Morgan fingerprint density at radius 1 is 1.19 bits per heavy atom. The molecular formula is C21H19N3O3. The second-order valence-corrected chi connectivity index (χ2v) is 5.83. The number of amides is 1. The van der Waals surface area contributed by atoms with Gasteiger partial charge in [0.25, 0.3) is 5.91 Å². The van der Waals surface area contributed by atoms with E-state index in [0.717, 1.165) is 16.5 Å². The molecule has 0 aliphatic rings. The first-order chi connectivity index (χ1) is 13.1. The van der Waals surface area contributed by atoms with E-state index in [-0.39, 0.29) is 5.57 Å². The molecule has 27 heavy (non-hydrogen) atoms. The summed E-state index contributed by atoms with van der Waals surface area (Å²) in [5.41, 5.74) is 6.91. The molecular weight excluding hydrogens is 342 g/mol. The number of methoxy groups -OCH3 is 1. The predicted octanol–water partition coefficient (Wildman–Crippen LogP) is 3.12. The maximum Gasteiger partial charge on any atom is 0.259 e. The molecule has 0 radical (unpaired) electrons. The molecule has 0 aliphatic carbocycles. The van der Waals surface area contributed by atoms with E-state index in [1.165, 1.54) is 6.08 Å². The number of rotatable bonds is 7. The molecule has 2 N–H and O–H groups in total. The lowest BCUT2D eigenvalue weighted by Gasteiger charge is -2.11. The summed E-state index contributed by atoms with van der Waals surface area (Å²) >= 11 is 0. The third kappa shape index (κ3) is 3.93. The number of fused-ring (bicyclic) bond motifs is 1. The van der Waals surface area contributed by atoms with E-state index in [9.17, 15) is 4.79 Å². The molecule has 1 heterocycles. The summed E-state index contributed by atoms with van der Waals surface area (Å²) in [7, 11) is 1.60. The van der Waals surface area contributed by atoms with E-state index in [2.05, 4.69) is 0 Å². The van der Waals surface area contributed by atoms with Crippen LogP contribution in [0, 0.1) is 11.3 Å². The molecule has 2 aromatic carbocycles. The molecule has 136 valence electrons. The zero-order valence-electron chi connectivity index (χ0n) is 14.9. The second-order valence-electron chi connectivity index (χ2n) is 5.83. The number of nitrogens with zero attached hydrogens (tertiary/aromatic N) is 2. The van der Waals surface area contributed by atoms with E-state index in [1.807, 2.05) is 65.4 Å². The number of aromatic nitrogens is 1. The Hall–Kier alpha value is -3.72. The van der Waals surface area contributed by atoms with Crippen LogP contribution in [-0.2, 0) is 11.3 Å². The minimum absolute atomic E-state index is 0.0804. The van der Waals surface area contributed by atoms with Gasteiger partial charge in [-0.15, -0.1) is 0 Å². The average Bonchev–Trinajstić information content (AvgIpc) is 3.04. The lowest BCUT2D eigenvalue weighted by atomic mass is 10.1. The van der Waals surface area contributed by atoms with Crippen molar-refractivity contribution in [3.63, 3.8) is 0 Å². The Balaban J connectivity index is 1.85. The van der Waals surface area contributed by atoms with Gasteiger partial charge >= 0.3 is 0 Å². The summed E-state index contributed by atoms with van der Waals surface area (Å²) in [6.45, 7) is 1.02. The van der Waals surface area contributed by atoms with Crippen LogP contribution < -0.4 is 15.2 Å². The van der Waals surface area contributed by atoms with E-state index in [4.69, 9.17) is 20.5 Å². The van der Waals surface area contributed by atoms with Crippen LogP contribution in [0.3, 0.4) is 0 Å². The number of primary amides is 1. The highest BCUT2D eigenvalue weighted by atomic mass is 16.5. The van der Waals surface area contributed by atoms with Gasteiger partial charge in [-0.2, -0.15) is 5.26 Å². The summed E-state index contributed by atoms with van der Waals surface area (Å²) in [6.07, 6.45) is 3.40. The number of ether oxygens (including phenoxy) is 2. The van der Waals surface area contributed by atoms with Gasteiger partial charge in [0.1, 0.15) is 18.2 Å². The van der Waals surface area contributed by atoms with Crippen molar-refractivity contribution in [2.45, 2.75) is 6.54 Å². The van der Waals surface area contributed by atoms with Gasteiger partial charge in [0.15, 0.2) is 11.5 Å². The largest absolute Gasteiger partial charge is 0.493 e. The molecule has 3 aromatic rings. The third-order valence-corrected chi connectivity index (χ3v) is 4.16. The van der Waals surface area contributed by atoms with Crippen LogP contribution in [0.15, 0.2) is 60.3 Å². The molecule has 6 nitrogen and oxygen atoms in total. The maximum absolute atomic E-state index is 11.4. The van der Waals surface area contributed by atoms with Gasteiger partial charge in [0.2, 0.25) is 0 Å². The number of hydrogen-bond acceptors (Lipinski definition) is 4. The van der Waals surface area contributed by atoms with Gasteiger partial charge in [-0.3, -0.25) is 4.79 Å². The average molecular weight is 361 g/mol. The van der Waals surface area contributed by atoms with Crippen molar-refractivity contribution in [1.29, 1.82) is 5.26 Å². The molecule has 1 aromatic heterocycles. The van der Waals surface area contributed by atoms with Gasteiger partial charge in [0.05, 0.1) is 13.7 Å². The molecule has 0 aliphatic heterocycles. The van der Waals surface area contributed by atoms with Crippen molar-refractivity contribution in [3.8, 4) is 17.6 Å². The molecule has 0 saturated carbocycles. The first kappa shape index (κ1) is 18.1. The maximum atomic E-state index is 11.4. The van der Waals surface area contributed by atoms with Crippen molar-refractivity contribution in [2.75, 3.05) is 13.7 Å². The Morgan fingerprint density at radius 3 is 2.59 bits per heavy atom. The van der Waals surface area contributed by atoms with Gasteiger partial charge in [-0.1, -0.05) is 30.3 Å². The molecule has 1 amide bonds. The Bertz CT molecular complexity index is 1040. The second kappa shape index (κ2) is 8.11. The summed E-state index contributed by atoms with van der Waals surface area (Å²) in [5.74, 6) is 0.615. The van der Waals surface area contributed by atoms with Gasteiger partial charge < -0.3 is 19.8 Å². The van der Waals surface area contributed by atoms with Gasteiger partial charge in [-0.05, 0) is 24.3 Å². The van der Waals surface area contributed by atoms with Crippen LogP contribution in [0.1, 0.15) is 5.56 Å². The quantitative estimate of drug-likeness (QED) is 0.517. The zero-order chi connectivity index (χ0) is 19.2. The lowest BCUT2D eigenvalue weighted by molar-refractivity contribution is -0.114. The minimum Gasteiger partial charge on any atom is -0.493 e. The van der Waals surface area contributed by atoms with E-state index in [1.54, 1.807) is 7.11 Å². The molecule has 0 saturated heterocycles. The zero-order valence-corrected chi connectivity index (χ0v) is 14.9. The predicted molar refractivity (Wildman–Crippen MR) is 103 cm³/mol. The SMILES string of the molecule is COc1ccccc1OCCn1cc(C=C(C#N)C(N)=O)c2ccccc21. The lowest BCUT2D eigenvalue weighted by Crippen LogP contribution is -2.12. The fourth-order valence-corrected chi connectivity index (χ4v) is 2.88. The Labute approximate surface area is 157 Å². The van der Waals surface area contributed by atoms with E-state index >= 15 is 0 Å². The van der Waals surface area contributed by atoms with Crippen molar-refractivity contribution in [2.24, 2.45) is 5.73 Å². The standard InChI is InChI=1S/C21H19N3O3/c1-26-19-8-4-5-9-20(19)27-11-10-24-14-16(12-15(13-22)21(23)25)17-6-2-3-7-18(17)24/h2-9,12,14H,10-11H2,1H3,(H2,23,25). The molecule has 0 unspecified atom stereocenters. The van der Waals surface area contributed by atoms with Crippen LogP contribution in [-0.4, -0.2) is 24.2 Å². The first-order valence-electron chi connectivity index (χ1n) is 8.39. The van der Waals surface area contributed by atoms with Crippen LogP contribution in [0.5, 0.6) is 11.5 Å². The van der Waals surface area contributed by atoms with Crippen molar-refractivity contribution in [1.82, 2.24) is 4.57 Å². The van der Waals surface area contributed by atoms with Crippen LogP contribution in [0.25, 0.3) is 17.0 Å². The highest BCUT2D eigenvalue weighted by Crippen LogP contribution is 2.27. The molecule has 3 rings (SSSR count). The first-order valence-corrected chi connectivity index (χ1v) is 8.39. The smallest absolute Gasteiger partial charge is 0.259 e. The van der Waals surface area contributed by atoms with Crippen molar-refractivity contribution < 1.29 is 14.3 Å². The number of hydrogen-bond donors (Lipinski definition) is 1. The summed E-state index contributed by atoms with van der Waals surface area (Å²) in [6, 6.07) is 17.1. The highest BCUT2D eigenvalue weighted by molar-refractivity contribution is 6.03. The molecule has 0 spiro atoms. The van der Waals surface area contributed by atoms with Gasteiger partial charge in [0, 0.05) is 22.7 Å². The van der Waals surface area contributed by atoms with E-state index < -0.39 is 5.91 Å². The summed E-state index contributed by atoms with van der Waals surface area (Å²) in [5, 5.41) is 10.0. The number of benzene rings is 2. The van der Waals surface area contributed by atoms with Gasteiger partial charge in [-0.25, -0.2) is 0 Å². The van der Waals surface area contributed by atoms with Crippen molar-refractivity contribution >= 4 is 22.9 Å². The number of nitriles is 1. The van der Waals surface area contributed by atoms with Crippen LogP contribution in [0.2, 0.25) is 0 Å². The highest BCUT2D eigenvalue weighted by Gasteiger charge is 2.10. The number of carbonyl (C=O) groups is 1.